The van der Waals surface area contributed by atoms with Gasteiger partial charge in [0.2, 0.25) is 5.91 Å². The Morgan fingerprint density at radius 3 is 2.86 bits per heavy atom. The van der Waals surface area contributed by atoms with Crippen molar-refractivity contribution in [3.63, 3.8) is 0 Å². The summed E-state index contributed by atoms with van der Waals surface area (Å²) in [6.45, 7) is 5.81. The molecule has 2 amide bonds. The lowest BCUT2D eigenvalue weighted by molar-refractivity contribution is -0.131. The maximum atomic E-state index is 12.9. The van der Waals surface area contributed by atoms with E-state index in [4.69, 9.17) is 4.98 Å². The molecule has 9 heteroatoms. The zero-order valence-corrected chi connectivity index (χ0v) is 16.8. The summed E-state index contributed by atoms with van der Waals surface area (Å²) in [6.07, 6.45) is 4.29. The van der Waals surface area contributed by atoms with Gasteiger partial charge in [0.15, 0.2) is 0 Å². The van der Waals surface area contributed by atoms with Gasteiger partial charge in [-0.05, 0) is 25.8 Å². The number of carbonyl (C=O) groups is 2. The smallest absolute Gasteiger partial charge is 0.272 e. The molecule has 2 aliphatic rings. The Morgan fingerprint density at radius 2 is 2.10 bits per heavy atom. The second-order valence-corrected chi connectivity index (χ2v) is 7.48. The lowest BCUT2D eigenvalue weighted by atomic mass is 10.1. The maximum Gasteiger partial charge on any atom is 0.272 e. The number of likely N-dealkylation sites (tertiary alicyclic amines) is 1. The van der Waals surface area contributed by atoms with Crippen molar-refractivity contribution in [3.8, 4) is 0 Å². The van der Waals surface area contributed by atoms with Crippen LogP contribution in [-0.2, 0) is 24.3 Å². The molecule has 2 aromatic rings. The lowest BCUT2D eigenvalue weighted by Crippen LogP contribution is -2.41. The summed E-state index contributed by atoms with van der Waals surface area (Å²) in [7, 11) is 0. The van der Waals surface area contributed by atoms with Gasteiger partial charge in [0.1, 0.15) is 11.5 Å². The fourth-order valence-electron chi connectivity index (χ4n) is 4.26. The Labute approximate surface area is 168 Å². The summed E-state index contributed by atoms with van der Waals surface area (Å²) in [5.74, 6) is 0.517. The van der Waals surface area contributed by atoms with E-state index < -0.39 is 0 Å². The molecule has 29 heavy (non-hydrogen) atoms. The van der Waals surface area contributed by atoms with Crippen LogP contribution in [-0.4, -0.2) is 54.5 Å². The third-order valence-corrected chi connectivity index (χ3v) is 5.80. The van der Waals surface area contributed by atoms with Gasteiger partial charge in [0.25, 0.3) is 11.5 Å². The number of aryl methyl sites for hydroxylation is 1. The molecular formula is C20H26N6O3. The summed E-state index contributed by atoms with van der Waals surface area (Å²) in [5, 5.41) is 4.15. The van der Waals surface area contributed by atoms with Crippen LogP contribution in [0, 0.1) is 0 Å². The van der Waals surface area contributed by atoms with E-state index in [1.165, 1.54) is 0 Å². The predicted molar refractivity (Wildman–Crippen MR) is 105 cm³/mol. The van der Waals surface area contributed by atoms with Crippen LogP contribution in [0.25, 0.3) is 0 Å². The van der Waals surface area contributed by atoms with E-state index in [2.05, 4.69) is 10.1 Å². The SMILES string of the molecule is CCC(=O)N1CCC[C@@H]1c1nc2c(c(=O)[nH]1)CN(C(=O)c1ccnn1CC)CC2. The highest BCUT2D eigenvalue weighted by molar-refractivity contribution is 5.92. The first-order valence-electron chi connectivity index (χ1n) is 10.3. The molecule has 2 aromatic heterocycles. The van der Waals surface area contributed by atoms with Gasteiger partial charge in [-0.2, -0.15) is 5.10 Å². The molecule has 0 bridgehead atoms. The van der Waals surface area contributed by atoms with Gasteiger partial charge in [0, 0.05) is 38.7 Å². The number of nitrogens with one attached hydrogen (secondary N) is 1. The minimum absolute atomic E-state index is 0.0807. The largest absolute Gasteiger partial charge is 0.333 e. The van der Waals surface area contributed by atoms with Crippen molar-refractivity contribution in [2.24, 2.45) is 0 Å². The summed E-state index contributed by atoms with van der Waals surface area (Å²) < 4.78 is 1.66. The Bertz CT molecular complexity index is 994. The van der Waals surface area contributed by atoms with Crippen molar-refractivity contribution in [2.45, 2.75) is 58.7 Å². The van der Waals surface area contributed by atoms with Gasteiger partial charge in [-0.3, -0.25) is 19.1 Å². The molecule has 0 unspecified atom stereocenters. The molecule has 1 atom stereocenters. The zero-order valence-electron chi connectivity index (χ0n) is 16.8. The van der Waals surface area contributed by atoms with Gasteiger partial charge in [-0.1, -0.05) is 6.92 Å². The number of aromatic nitrogens is 4. The van der Waals surface area contributed by atoms with Gasteiger partial charge in [-0.25, -0.2) is 4.98 Å². The average molecular weight is 398 g/mol. The van der Waals surface area contributed by atoms with Crippen LogP contribution in [0.5, 0.6) is 0 Å². The third-order valence-electron chi connectivity index (χ3n) is 5.80. The second-order valence-electron chi connectivity index (χ2n) is 7.48. The van der Waals surface area contributed by atoms with E-state index in [1.807, 2.05) is 18.7 Å². The van der Waals surface area contributed by atoms with Crippen LogP contribution in [0.3, 0.4) is 0 Å². The highest BCUT2D eigenvalue weighted by atomic mass is 16.2. The predicted octanol–water partition coefficient (Wildman–Crippen LogP) is 1.26. The van der Waals surface area contributed by atoms with Crippen molar-refractivity contribution in [1.29, 1.82) is 0 Å². The van der Waals surface area contributed by atoms with Crippen molar-refractivity contribution in [1.82, 2.24) is 29.5 Å². The number of hydrogen-bond acceptors (Lipinski definition) is 5. The quantitative estimate of drug-likeness (QED) is 0.835. The van der Waals surface area contributed by atoms with E-state index in [1.54, 1.807) is 21.8 Å². The highest BCUT2D eigenvalue weighted by Gasteiger charge is 2.33. The molecule has 1 saturated heterocycles. The zero-order chi connectivity index (χ0) is 20.5. The topological polar surface area (TPSA) is 104 Å². The van der Waals surface area contributed by atoms with Gasteiger partial charge < -0.3 is 14.8 Å². The molecule has 4 rings (SSSR count). The monoisotopic (exact) mass is 398 g/mol. The summed E-state index contributed by atoms with van der Waals surface area (Å²) in [5.41, 5.74) is 1.56. The van der Waals surface area contributed by atoms with E-state index in [0.717, 1.165) is 18.5 Å². The highest BCUT2D eigenvalue weighted by Crippen LogP contribution is 2.30. The number of hydrogen-bond donors (Lipinski definition) is 1. The number of aromatic amines is 1. The summed E-state index contributed by atoms with van der Waals surface area (Å²) >= 11 is 0. The number of nitrogens with zero attached hydrogens (tertiary/aromatic N) is 5. The fourth-order valence-corrected chi connectivity index (χ4v) is 4.26. The van der Waals surface area contributed by atoms with Crippen LogP contribution in [0.1, 0.15) is 66.7 Å². The van der Waals surface area contributed by atoms with Crippen LogP contribution in [0.2, 0.25) is 0 Å². The van der Waals surface area contributed by atoms with Crippen molar-refractivity contribution in [3.05, 3.63) is 45.4 Å². The molecule has 0 aromatic carbocycles. The third kappa shape index (κ3) is 3.45. The first kappa shape index (κ1) is 19.4. The standard InChI is InChI=1S/C20H26N6O3/c1-3-17(27)25-10-5-6-15(25)18-22-14-8-11-24(12-13(14)19(28)23-18)20(29)16-7-9-21-26(16)4-2/h7,9,15H,3-6,8,10-12H2,1-2H3,(H,22,23,28)/t15-/m1/s1. The van der Waals surface area contributed by atoms with Crippen LogP contribution < -0.4 is 5.56 Å². The molecule has 9 nitrogen and oxygen atoms in total. The molecule has 0 spiro atoms. The number of fused-ring (bicyclic) bond motifs is 1. The maximum absolute atomic E-state index is 12.9. The lowest BCUT2D eigenvalue weighted by Gasteiger charge is -2.29. The molecule has 2 aliphatic heterocycles. The van der Waals surface area contributed by atoms with Crippen molar-refractivity contribution < 1.29 is 9.59 Å². The average Bonchev–Trinajstić information content (AvgIpc) is 3.41. The number of rotatable bonds is 4. The number of H-pyrrole nitrogens is 1. The number of carbonyl (C=O) groups excluding carboxylic acids is 2. The normalized spacial score (nSPS) is 18.8. The fraction of sp³-hybridized carbons (Fsp3) is 0.550. The Balaban J connectivity index is 1.58. The van der Waals surface area contributed by atoms with E-state index in [0.29, 0.717) is 49.6 Å². The van der Waals surface area contributed by atoms with Crippen LogP contribution in [0.4, 0.5) is 0 Å². The minimum atomic E-state index is -0.220. The first-order valence-corrected chi connectivity index (χ1v) is 10.3. The first-order chi connectivity index (χ1) is 14.0. The van der Waals surface area contributed by atoms with Gasteiger partial charge >= 0.3 is 0 Å². The van der Waals surface area contributed by atoms with Crippen LogP contribution >= 0.6 is 0 Å². The molecule has 0 aliphatic carbocycles. The van der Waals surface area contributed by atoms with Crippen LogP contribution in [0.15, 0.2) is 17.1 Å². The van der Waals surface area contributed by atoms with E-state index in [9.17, 15) is 14.4 Å². The molecule has 1 fully saturated rings. The molecule has 0 saturated carbocycles. The van der Waals surface area contributed by atoms with Crippen molar-refractivity contribution >= 4 is 11.8 Å². The molecular weight excluding hydrogens is 372 g/mol. The summed E-state index contributed by atoms with van der Waals surface area (Å²) in [4.78, 5) is 49.0. The van der Waals surface area contributed by atoms with E-state index >= 15 is 0 Å². The Kier molecular flexibility index (Phi) is 5.21. The Morgan fingerprint density at radius 1 is 1.28 bits per heavy atom. The molecule has 154 valence electrons. The Hall–Kier alpha value is -2.97. The minimum Gasteiger partial charge on any atom is -0.333 e. The molecule has 1 N–H and O–H groups in total. The van der Waals surface area contributed by atoms with Gasteiger partial charge in [-0.15, -0.1) is 0 Å². The summed E-state index contributed by atoms with van der Waals surface area (Å²) in [6, 6.07) is 1.53. The number of amides is 2. The van der Waals surface area contributed by atoms with Gasteiger partial charge in [0.05, 0.1) is 23.8 Å². The molecule has 0 radical (unpaired) electrons. The second kappa shape index (κ2) is 7.81. The molecule has 4 heterocycles. The van der Waals surface area contributed by atoms with E-state index in [-0.39, 0.29) is 30.0 Å². The van der Waals surface area contributed by atoms with Crippen molar-refractivity contribution in [2.75, 3.05) is 13.1 Å².